The van der Waals surface area contributed by atoms with Gasteiger partial charge in [0.15, 0.2) is 6.10 Å². The molecule has 1 heterocycles. The maximum Gasteiger partial charge on any atom is 0.339 e. The minimum Gasteiger partial charge on any atom is -0.443 e. The second-order valence-corrected chi connectivity index (χ2v) is 5.23. The number of carbonyl (C=O) groups excluding carboxylic acids is 1. The average Bonchev–Trinajstić information content (AvgIpc) is 2.54. The van der Waals surface area contributed by atoms with Gasteiger partial charge in [0.25, 0.3) is 11.1 Å². The summed E-state index contributed by atoms with van der Waals surface area (Å²) < 4.78 is 6.16. The van der Waals surface area contributed by atoms with E-state index in [0.29, 0.717) is 5.69 Å². The molecule has 0 fully saturated rings. The number of benzene rings is 1. The fraction of sp³-hybridized carbons (Fsp3) is 0.250. The molecule has 1 atom stereocenters. The molecular weight excluding hydrogens is 298 g/mol. The Bertz CT molecular complexity index is 874. The monoisotopic (exact) mass is 313 g/mol. The third-order valence-electron chi connectivity index (χ3n) is 3.13. The molecule has 1 N–H and O–H groups in total. The molecule has 0 bridgehead atoms. The lowest BCUT2D eigenvalue weighted by atomic mass is 10.1. The number of aromatic amines is 1. The molecule has 1 aromatic heterocycles. The van der Waals surface area contributed by atoms with Crippen molar-refractivity contribution in [2.24, 2.45) is 5.92 Å². The van der Waals surface area contributed by atoms with Gasteiger partial charge in [0.1, 0.15) is 6.07 Å². The van der Waals surface area contributed by atoms with Crippen LogP contribution in [-0.2, 0) is 4.74 Å². The summed E-state index contributed by atoms with van der Waals surface area (Å²) in [5.74, 6) is -0.807. The van der Waals surface area contributed by atoms with E-state index in [9.17, 15) is 14.4 Å². The molecule has 0 aliphatic carbocycles. The Morgan fingerprint density at radius 3 is 2.65 bits per heavy atom. The van der Waals surface area contributed by atoms with Crippen molar-refractivity contribution in [1.29, 1.82) is 5.26 Å². The van der Waals surface area contributed by atoms with Crippen LogP contribution in [0.1, 0.15) is 24.2 Å². The molecule has 7 heteroatoms. The zero-order valence-electron chi connectivity index (χ0n) is 12.6. The summed E-state index contributed by atoms with van der Waals surface area (Å²) in [5.41, 5.74) is -0.380. The molecule has 0 radical (unpaired) electrons. The van der Waals surface area contributed by atoms with E-state index in [1.165, 1.54) is 12.1 Å². The highest BCUT2D eigenvalue weighted by Gasteiger charge is 2.19. The van der Waals surface area contributed by atoms with Gasteiger partial charge in [-0.1, -0.05) is 19.9 Å². The number of nitrogens with one attached hydrogen (secondary N) is 1. The van der Waals surface area contributed by atoms with Crippen molar-refractivity contribution in [2.45, 2.75) is 20.0 Å². The summed E-state index contributed by atoms with van der Waals surface area (Å²) in [6.07, 6.45) is -0.856. The smallest absolute Gasteiger partial charge is 0.339 e. The van der Waals surface area contributed by atoms with Crippen molar-refractivity contribution in [2.75, 3.05) is 0 Å². The molecule has 0 aliphatic rings. The number of esters is 1. The zero-order valence-corrected chi connectivity index (χ0v) is 12.6. The second-order valence-electron chi connectivity index (χ2n) is 5.23. The van der Waals surface area contributed by atoms with E-state index >= 15 is 0 Å². The van der Waals surface area contributed by atoms with Crippen LogP contribution in [0.3, 0.4) is 0 Å². The van der Waals surface area contributed by atoms with Crippen molar-refractivity contribution >= 4 is 5.97 Å². The largest absolute Gasteiger partial charge is 0.443 e. The summed E-state index contributed by atoms with van der Waals surface area (Å²) in [6, 6.07) is 10.2. The number of nitrogens with zero attached hydrogens (tertiary/aromatic N) is 2. The minimum absolute atomic E-state index is 0.139. The van der Waals surface area contributed by atoms with Crippen LogP contribution in [0.15, 0.2) is 46.0 Å². The molecule has 0 spiro atoms. The van der Waals surface area contributed by atoms with E-state index in [4.69, 9.17) is 10.00 Å². The topological polar surface area (TPSA) is 105 Å². The molecule has 2 rings (SSSR count). The highest BCUT2D eigenvalue weighted by molar-refractivity contribution is 5.90. The number of aromatic nitrogens is 2. The Morgan fingerprint density at radius 1 is 1.26 bits per heavy atom. The van der Waals surface area contributed by atoms with Crippen LogP contribution in [0.4, 0.5) is 0 Å². The molecular formula is C16H15N3O4. The molecule has 0 amide bonds. The van der Waals surface area contributed by atoms with Gasteiger partial charge in [0, 0.05) is 18.1 Å². The molecule has 1 aromatic carbocycles. The predicted molar refractivity (Wildman–Crippen MR) is 82.3 cm³/mol. The Labute approximate surface area is 131 Å². The van der Waals surface area contributed by atoms with Crippen LogP contribution in [0.2, 0.25) is 0 Å². The van der Waals surface area contributed by atoms with Gasteiger partial charge < -0.3 is 4.74 Å². The van der Waals surface area contributed by atoms with E-state index in [0.717, 1.165) is 16.8 Å². The molecule has 118 valence electrons. The maximum absolute atomic E-state index is 12.1. The third kappa shape index (κ3) is 3.74. The van der Waals surface area contributed by atoms with Crippen LogP contribution in [-0.4, -0.2) is 21.9 Å². The quantitative estimate of drug-likeness (QED) is 0.855. The molecule has 0 aliphatic heterocycles. The molecule has 7 nitrogen and oxygen atoms in total. The van der Waals surface area contributed by atoms with Gasteiger partial charge in [-0.15, -0.1) is 0 Å². The van der Waals surface area contributed by atoms with Gasteiger partial charge in [-0.3, -0.25) is 14.7 Å². The van der Waals surface area contributed by atoms with Crippen molar-refractivity contribution in [3.63, 3.8) is 0 Å². The summed E-state index contributed by atoms with van der Waals surface area (Å²) in [7, 11) is 0. The SMILES string of the molecule is CC(C)C(C#N)OC(=O)c1cccc(-n2[nH]c(=O)ccc2=O)c1. The second kappa shape index (κ2) is 6.75. The first-order chi connectivity index (χ1) is 10.9. The summed E-state index contributed by atoms with van der Waals surface area (Å²) in [4.78, 5) is 35.3. The Hall–Kier alpha value is -3.14. The summed E-state index contributed by atoms with van der Waals surface area (Å²) in [5, 5.41) is 11.4. The highest BCUT2D eigenvalue weighted by Crippen LogP contribution is 2.12. The lowest BCUT2D eigenvalue weighted by molar-refractivity contribution is 0.0325. The van der Waals surface area contributed by atoms with Gasteiger partial charge in [0.2, 0.25) is 0 Å². The zero-order chi connectivity index (χ0) is 17.0. The van der Waals surface area contributed by atoms with E-state index < -0.39 is 23.2 Å². The number of nitriles is 1. The Kier molecular flexibility index (Phi) is 4.76. The summed E-state index contributed by atoms with van der Waals surface area (Å²) in [6.45, 7) is 3.54. The first-order valence-electron chi connectivity index (χ1n) is 6.96. The van der Waals surface area contributed by atoms with Gasteiger partial charge >= 0.3 is 5.97 Å². The molecule has 0 saturated carbocycles. The summed E-state index contributed by atoms with van der Waals surface area (Å²) >= 11 is 0. The standard InChI is InChI=1S/C16H15N3O4/c1-10(2)13(9-17)23-16(22)11-4-3-5-12(8-11)19-15(21)7-6-14(20)18-19/h3-8,10,13H,1-2H3,(H,18,20). The van der Waals surface area contributed by atoms with E-state index in [1.807, 2.05) is 6.07 Å². The van der Waals surface area contributed by atoms with Crippen molar-refractivity contribution < 1.29 is 9.53 Å². The molecule has 2 aromatic rings. The number of hydrogen-bond acceptors (Lipinski definition) is 5. The van der Waals surface area contributed by atoms with Gasteiger partial charge in [-0.05, 0) is 18.2 Å². The highest BCUT2D eigenvalue weighted by atomic mass is 16.5. The van der Waals surface area contributed by atoms with E-state index in [-0.39, 0.29) is 11.5 Å². The molecule has 23 heavy (non-hydrogen) atoms. The van der Waals surface area contributed by atoms with E-state index in [2.05, 4.69) is 5.10 Å². The van der Waals surface area contributed by atoms with E-state index in [1.54, 1.807) is 26.0 Å². The lowest BCUT2D eigenvalue weighted by Crippen LogP contribution is -2.27. The average molecular weight is 313 g/mol. The van der Waals surface area contributed by atoms with Gasteiger partial charge in [-0.25, -0.2) is 9.48 Å². The van der Waals surface area contributed by atoms with Crippen molar-refractivity contribution in [3.05, 3.63) is 62.7 Å². The molecule has 1 unspecified atom stereocenters. The Morgan fingerprint density at radius 2 is 2.00 bits per heavy atom. The fourth-order valence-electron chi connectivity index (χ4n) is 1.88. The van der Waals surface area contributed by atoms with Crippen LogP contribution >= 0.6 is 0 Å². The number of carbonyl (C=O) groups is 1. The predicted octanol–water partition coefficient (Wildman–Crippen LogP) is 1.23. The van der Waals surface area contributed by atoms with Crippen LogP contribution in [0.25, 0.3) is 5.69 Å². The maximum atomic E-state index is 12.1. The number of H-pyrrole nitrogens is 1. The van der Waals surface area contributed by atoms with Crippen LogP contribution in [0.5, 0.6) is 0 Å². The number of hydrogen-bond donors (Lipinski definition) is 1. The van der Waals surface area contributed by atoms with Crippen LogP contribution < -0.4 is 11.1 Å². The first-order valence-corrected chi connectivity index (χ1v) is 6.96. The minimum atomic E-state index is -0.856. The lowest BCUT2D eigenvalue weighted by Gasteiger charge is -2.14. The fourth-order valence-corrected chi connectivity index (χ4v) is 1.88. The Balaban J connectivity index is 2.35. The first kappa shape index (κ1) is 16.2. The van der Waals surface area contributed by atoms with Crippen LogP contribution in [0, 0.1) is 17.2 Å². The molecule has 0 saturated heterocycles. The number of rotatable bonds is 4. The van der Waals surface area contributed by atoms with Gasteiger partial charge in [-0.2, -0.15) is 5.26 Å². The van der Waals surface area contributed by atoms with Crippen molar-refractivity contribution in [1.82, 2.24) is 9.78 Å². The number of ether oxygens (including phenoxy) is 1. The van der Waals surface area contributed by atoms with Crippen molar-refractivity contribution in [3.8, 4) is 11.8 Å². The normalized spacial score (nSPS) is 11.7. The third-order valence-corrected chi connectivity index (χ3v) is 3.13. The van der Waals surface area contributed by atoms with Gasteiger partial charge in [0.05, 0.1) is 11.3 Å².